The van der Waals surface area contributed by atoms with Crippen LogP contribution in [0.4, 0.5) is 0 Å². The zero-order chi connectivity index (χ0) is 19.4. The molecular formula is C20H17N3O4. The number of nitrogens with one attached hydrogen (secondary N) is 1. The molecule has 2 aromatic carbocycles. The molecule has 3 aromatic rings. The van der Waals surface area contributed by atoms with Crippen molar-refractivity contribution in [2.45, 2.75) is 13.0 Å². The summed E-state index contributed by atoms with van der Waals surface area (Å²) in [4.78, 5) is 18.5. The van der Waals surface area contributed by atoms with E-state index in [0.29, 0.717) is 28.5 Å². The molecule has 0 radical (unpaired) electrons. The zero-order valence-corrected chi connectivity index (χ0v) is 14.8. The number of aromatic amines is 1. The van der Waals surface area contributed by atoms with Gasteiger partial charge in [0.1, 0.15) is 11.9 Å². The molecule has 1 unspecified atom stereocenters. The van der Waals surface area contributed by atoms with Gasteiger partial charge in [-0.05, 0) is 42.8 Å². The first kappa shape index (κ1) is 18.0. The summed E-state index contributed by atoms with van der Waals surface area (Å²) in [5.74, 6) is 0.0840. The van der Waals surface area contributed by atoms with Crippen molar-refractivity contribution in [1.29, 1.82) is 5.26 Å². The third-order valence-electron chi connectivity index (χ3n) is 3.92. The average molecular weight is 363 g/mol. The van der Waals surface area contributed by atoms with E-state index in [-0.39, 0.29) is 0 Å². The summed E-state index contributed by atoms with van der Waals surface area (Å²) < 4.78 is 10.7. The molecule has 0 saturated heterocycles. The van der Waals surface area contributed by atoms with E-state index in [2.05, 4.69) is 16.0 Å². The van der Waals surface area contributed by atoms with E-state index in [1.165, 1.54) is 14.0 Å². The van der Waals surface area contributed by atoms with Gasteiger partial charge in [-0.25, -0.2) is 9.78 Å². The molecule has 0 spiro atoms. The van der Waals surface area contributed by atoms with Crippen LogP contribution in [0.2, 0.25) is 0 Å². The molecule has 7 nitrogen and oxygen atoms in total. The molecular weight excluding hydrogens is 346 g/mol. The van der Waals surface area contributed by atoms with Gasteiger partial charge in [0.15, 0.2) is 17.6 Å². The number of H-pyrrole nitrogens is 1. The normalized spacial score (nSPS) is 12.4. The van der Waals surface area contributed by atoms with Crippen LogP contribution >= 0.6 is 0 Å². The number of nitrogens with zero attached hydrogens (tertiary/aromatic N) is 2. The van der Waals surface area contributed by atoms with Crippen LogP contribution < -0.4 is 9.47 Å². The number of methoxy groups -OCH3 is 1. The third-order valence-corrected chi connectivity index (χ3v) is 3.92. The van der Waals surface area contributed by atoms with E-state index in [1.807, 2.05) is 24.3 Å². The maximum Gasteiger partial charge on any atom is 0.344 e. The van der Waals surface area contributed by atoms with E-state index >= 15 is 0 Å². The second-order valence-corrected chi connectivity index (χ2v) is 5.78. The number of aromatic nitrogens is 2. The van der Waals surface area contributed by atoms with Gasteiger partial charge in [0.2, 0.25) is 0 Å². The van der Waals surface area contributed by atoms with Gasteiger partial charge >= 0.3 is 5.97 Å². The zero-order valence-electron chi connectivity index (χ0n) is 14.8. The SMILES string of the molecule is COc1cc(/C=C(\C#N)c2nc3ccccc3[nH]2)ccc1OC(C)C(=O)O. The molecule has 0 fully saturated rings. The maximum absolute atomic E-state index is 11.0. The Morgan fingerprint density at radius 3 is 2.74 bits per heavy atom. The Morgan fingerprint density at radius 1 is 1.30 bits per heavy atom. The van der Waals surface area contributed by atoms with Crippen LogP contribution in [0.5, 0.6) is 11.5 Å². The number of rotatable bonds is 6. The van der Waals surface area contributed by atoms with Crippen molar-refractivity contribution in [2.24, 2.45) is 0 Å². The van der Waals surface area contributed by atoms with Gasteiger partial charge in [0.25, 0.3) is 0 Å². The van der Waals surface area contributed by atoms with E-state index in [9.17, 15) is 10.1 Å². The summed E-state index contributed by atoms with van der Waals surface area (Å²) >= 11 is 0. The molecule has 0 aliphatic heterocycles. The first-order chi connectivity index (χ1) is 13.0. The summed E-state index contributed by atoms with van der Waals surface area (Å²) in [7, 11) is 1.46. The Bertz CT molecular complexity index is 1030. The predicted octanol–water partition coefficient (Wildman–Crippen LogP) is 3.49. The molecule has 27 heavy (non-hydrogen) atoms. The highest BCUT2D eigenvalue weighted by Gasteiger charge is 2.16. The first-order valence-corrected chi connectivity index (χ1v) is 8.16. The number of hydrogen-bond acceptors (Lipinski definition) is 5. The highest BCUT2D eigenvalue weighted by Crippen LogP contribution is 2.30. The Balaban J connectivity index is 1.94. The molecule has 0 aliphatic rings. The highest BCUT2D eigenvalue weighted by atomic mass is 16.5. The van der Waals surface area contributed by atoms with Crippen molar-refractivity contribution in [3.05, 3.63) is 53.9 Å². The number of para-hydroxylation sites is 2. The summed E-state index contributed by atoms with van der Waals surface area (Å²) in [5.41, 5.74) is 2.68. The molecule has 0 amide bonds. The number of imidazole rings is 1. The van der Waals surface area contributed by atoms with E-state index in [0.717, 1.165) is 11.0 Å². The van der Waals surface area contributed by atoms with Crippen LogP contribution in [0, 0.1) is 11.3 Å². The summed E-state index contributed by atoms with van der Waals surface area (Å²) in [6.07, 6.45) is 0.662. The number of carboxylic acids is 1. The smallest absolute Gasteiger partial charge is 0.344 e. The maximum atomic E-state index is 11.0. The topological polar surface area (TPSA) is 108 Å². The fraction of sp³-hybridized carbons (Fsp3) is 0.150. The second kappa shape index (κ2) is 7.62. The van der Waals surface area contributed by atoms with Crippen molar-refractivity contribution in [2.75, 3.05) is 7.11 Å². The van der Waals surface area contributed by atoms with E-state index in [1.54, 1.807) is 24.3 Å². The van der Waals surface area contributed by atoms with Crippen LogP contribution in [0.1, 0.15) is 18.3 Å². The lowest BCUT2D eigenvalue weighted by Gasteiger charge is -2.14. The van der Waals surface area contributed by atoms with Crippen LogP contribution in [-0.2, 0) is 4.79 Å². The average Bonchev–Trinajstić information content (AvgIpc) is 3.10. The minimum absolute atomic E-state index is 0.312. The molecule has 7 heteroatoms. The van der Waals surface area contributed by atoms with Crippen molar-refractivity contribution in [3.63, 3.8) is 0 Å². The number of aliphatic carboxylic acids is 1. The van der Waals surface area contributed by atoms with Gasteiger partial charge in [-0.3, -0.25) is 0 Å². The van der Waals surface area contributed by atoms with Gasteiger partial charge in [0, 0.05) is 0 Å². The van der Waals surface area contributed by atoms with Gasteiger partial charge in [-0.2, -0.15) is 5.26 Å². The van der Waals surface area contributed by atoms with Crippen LogP contribution in [-0.4, -0.2) is 34.3 Å². The fourth-order valence-corrected chi connectivity index (χ4v) is 2.51. The molecule has 1 atom stereocenters. The van der Waals surface area contributed by atoms with Crippen molar-refractivity contribution >= 4 is 28.7 Å². The van der Waals surface area contributed by atoms with Crippen LogP contribution in [0.15, 0.2) is 42.5 Å². The van der Waals surface area contributed by atoms with Gasteiger partial charge in [-0.1, -0.05) is 18.2 Å². The number of ether oxygens (including phenoxy) is 2. The lowest BCUT2D eigenvalue weighted by molar-refractivity contribution is -0.144. The lowest BCUT2D eigenvalue weighted by Crippen LogP contribution is -2.23. The molecule has 0 saturated carbocycles. The first-order valence-electron chi connectivity index (χ1n) is 8.16. The standard InChI is InChI=1S/C20H17N3O4/c1-12(20(24)25)27-17-8-7-13(10-18(17)26-2)9-14(11-21)19-22-15-5-3-4-6-16(15)23-19/h3-10,12H,1-2H3,(H,22,23)(H,24,25)/b14-9+. The van der Waals surface area contributed by atoms with Gasteiger partial charge in [-0.15, -0.1) is 0 Å². The molecule has 1 heterocycles. The predicted molar refractivity (Wildman–Crippen MR) is 100 cm³/mol. The Labute approximate surface area is 155 Å². The molecule has 0 aliphatic carbocycles. The van der Waals surface area contributed by atoms with Crippen molar-refractivity contribution in [1.82, 2.24) is 9.97 Å². The van der Waals surface area contributed by atoms with Crippen molar-refractivity contribution in [3.8, 4) is 17.6 Å². The van der Waals surface area contributed by atoms with Crippen molar-refractivity contribution < 1.29 is 19.4 Å². The van der Waals surface area contributed by atoms with Crippen LogP contribution in [0.3, 0.4) is 0 Å². The number of carboxylic acid groups (broad SMARTS) is 1. The van der Waals surface area contributed by atoms with Gasteiger partial charge in [0.05, 0.1) is 23.7 Å². The minimum Gasteiger partial charge on any atom is -0.493 e. The molecule has 0 bridgehead atoms. The Kier molecular flexibility index (Phi) is 5.08. The summed E-state index contributed by atoms with van der Waals surface area (Å²) in [6.45, 7) is 1.44. The lowest BCUT2D eigenvalue weighted by atomic mass is 10.1. The number of benzene rings is 2. The minimum atomic E-state index is -1.07. The van der Waals surface area contributed by atoms with Crippen LogP contribution in [0.25, 0.3) is 22.7 Å². The summed E-state index contributed by atoms with van der Waals surface area (Å²) in [6, 6.07) is 14.7. The third kappa shape index (κ3) is 3.90. The number of allylic oxidation sites excluding steroid dienone is 1. The number of fused-ring (bicyclic) bond motifs is 1. The van der Waals surface area contributed by atoms with Gasteiger partial charge < -0.3 is 19.6 Å². The molecule has 1 aromatic heterocycles. The van der Waals surface area contributed by atoms with E-state index in [4.69, 9.17) is 14.6 Å². The second-order valence-electron chi connectivity index (χ2n) is 5.78. The quantitative estimate of drug-likeness (QED) is 0.649. The largest absolute Gasteiger partial charge is 0.493 e. The Morgan fingerprint density at radius 2 is 2.07 bits per heavy atom. The molecule has 3 rings (SSSR count). The summed E-state index contributed by atoms with van der Waals surface area (Å²) in [5, 5.41) is 18.5. The monoisotopic (exact) mass is 363 g/mol. The number of nitriles is 1. The van der Waals surface area contributed by atoms with E-state index < -0.39 is 12.1 Å². The highest BCUT2D eigenvalue weighted by molar-refractivity contribution is 5.90. The molecule has 136 valence electrons. The number of carbonyl (C=O) groups is 1. The molecule has 2 N–H and O–H groups in total. The Hall–Kier alpha value is -3.79. The number of hydrogen-bond donors (Lipinski definition) is 2. The fourth-order valence-electron chi connectivity index (χ4n) is 2.51.